The van der Waals surface area contributed by atoms with Crippen molar-refractivity contribution < 1.29 is 22.7 Å². The highest BCUT2D eigenvalue weighted by molar-refractivity contribution is 5.76. The molecule has 0 aromatic carbocycles. The fraction of sp³-hybridized carbons (Fsp3) is 0.900. The van der Waals surface area contributed by atoms with Gasteiger partial charge in [0.05, 0.1) is 6.61 Å². The molecule has 3 nitrogen and oxygen atoms in total. The molecule has 0 saturated heterocycles. The van der Waals surface area contributed by atoms with Gasteiger partial charge in [-0.05, 0) is 12.8 Å². The van der Waals surface area contributed by atoms with Gasteiger partial charge in [-0.15, -0.1) is 0 Å². The van der Waals surface area contributed by atoms with Crippen molar-refractivity contribution in [2.24, 2.45) is 0 Å². The van der Waals surface area contributed by atoms with Crippen LogP contribution in [0, 0.1) is 0 Å². The zero-order chi connectivity index (χ0) is 12.0. The van der Waals surface area contributed by atoms with E-state index in [4.69, 9.17) is 0 Å². The lowest BCUT2D eigenvalue weighted by molar-refractivity contribution is -0.174. The summed E-state index contributed by atoms with van der Waals surface area (Å²) >= 11 is 0. The summed E-state index contributed by atoms with van der Waals surface area (Å²) < 4.78 is 39.4. The first kappa shape index (κ1) is 13.3. The summed E-state index contributed by atoms with van der Waals surface area (Å²) in [6.45, 7) is -1.47. The number of carbonyl (C=O) groups excluding carboxylic acids is 1. The molecule has 0 unspecified atom stereocenters. The van der Waals surface area contributed by atoms with E-state index in [0.717, 1.165) is 25.7 Å². The molecule has 0 radical (unpaired) electrons. The number of amides is 1. The second-order valence-electron chi connectivity index (χ2n) is 3.97. The maximum absolute atomic E-state index is 11.7. The minimum Gasteiger partial charge on any atom is -0.372 e. The zero-order valence-electron chi connectivity index (χ0n) is 8.98. The van der Waals surface area contributed by atoms with Crippen LogP contribution in [-0.2, 0) is 9.53 Å². The quantitative estimate of drug-likeness (QED) is 0.745. The van der Waals surface area contributed by atoms with Gasteiger partial charge in [-0.25, -0.2) is 0 Å². The summed E-state index contributed by atoms with van der Waals surface area (Å²) in [5.74, 6) is -0.228. The van der Waals surface area contributed by atoms with Crippen LogP contribution in [0.25, 0.3) is 0 Å². The number of hydrogen-bond donors (Lipinski definition) is 1. The van der Waals surface area contributed by atoms with E-state index in [1.807, 2.05) is 0 Å². The van der Waals surface area contributed by atoms with E-state index in [0.29, 0.717) is 0 Å². The number of halogens is 3. The number of hydrogen-bond acceptors (Lipinski definition) is 2. The summed E-state index contributed by atoms with van der Waals surface area (Å²) in [4.78, 5) is 11.3. The van der Waals surface area contributed by atoms with Crippen molar-refractivity contribution in [1.29, 1.82) is 0 Å². The van der Waals surface area contributed by atoms with Crippen LogP contribution in [0.2, 0.25) is 0 Å². The Morgan fingerprint density at radius 2 is 1.94 bits per heavy atom. The highest BCUT2D eigenvalue weighted by Crippen LogP contribution is 2.17. The third-order valence-electron chi connectivity index (χ3n) is 2.46. The molecule has 1 fully saturated rings. The standard InChI is InChI=1S/C10H16F3NO2/c11-10(12,13)7-16-6-5-9(15)14-8-3-1-2-4-8/h8H,1-7H2,(H,14,15). The highest BCUT2D eigenvalue weighted by Gasteiger charge is 2.27. The first-order valence-corrected chi connectivity index (χ1v) is 5.41. The maximum Gasteiger partial charge on any atom is 0.411 e. The fourth-order valence-electron chi connectivity index (χ4n) is 1.72. The number of ether oxygens (including phenoxy) is 1. The molecule has 6 heteroatoms. The van der Waals surface area contributed by atoms with Gasteiger partial charge in [0.2, 0.25) is 5.91 Å². The summed E-state index contributed by atoms with van der Waals surface area (Å²) in [5.41, 5.74) is 0. The lowest BCUT2D eigenvalue weighted by Gasteiger charge is -2.12. The van der Waals surface area contributed by atoms with E-state index < -0.39 is 12.8 Å². The molecule has 0 heterocycles. The van der Waals surface area contributed by atoms with Crippen LogP contribution in [0.1, 0.15) is 32.1 Å². The molecule has 16 heavy (non-hydrogen) atoms. The molecule has 1 saturated carbocycles. The monoisotopic (exact) mass is 239 g/mol. The molecule has 1 rings (SSSR count). The highest BCUT2D eigenvalue weighted by atomic mass is 19.4. The van der Waals surface area contributed by atoms with Crippen LogP contribution < -0.4 is 5.32 Å². The van der Waals surface area contributed by atoms with Gasteiger partial charge in [-0.3, -0.25) is 4.79 Å². The summed E-state index contributed by atoms with van der Waals surface area (Å²) in [7, 11) is 0. The van der Waals surface area contributed by atoms with Gasteiger partial charge >= 0.3 is 6.18 Å². The maximum atomic E-state index is 11.7. The molecule has 94 valence electrons. The Hall–Kier alpha value is -0.780. The van der Waals surface area contributed by atoms with E-state index in [9.17, 15) is 18.0 Å². The van der Waals surface area contributed by atoms with Crippen molar-refractivity contribution in [3.8, 4) is 0 Å². The van der Waals surface area contributed by atoms with Crippen LogP contribution in [0.4, 0.5) is 13.2 Å². The molecule has 1 aliphatic rings. The number of nitrogens with one attached hydrogen (secondary N) is 1. The molecule has 1 aliphatic carbocycles. The van der Waals surface area contributed by atoms with Gasteiger partial charge in [0.1, 0.15) is 6.61 Å². The molecular weight excluding hydrogens is 223 g/mol. The van der Waals surface area contributed by atoms with E-state index >= 15 is 0 Å². The van der Waals surface area contributed by atoms with Gasteiger partial charge in [0.15, 0.2) is 0 Å². The topological polar surface area (TPSA) is 38.3 Å². The van der Waals surface area contributed by atoms with Gasteiger partial charge in [-0.2, -0.15) is 13.2 Å². The Bertz CT molecular complexity index is 225. The van der Waals surface area contributed by atoms with Gasteiger partial charge in [0.25, 0.3) is 0 Å². The molecule has 1 amide bonds. The van der Waals surface area contributed by atoms with Crippen molar-refractivity contribution in [3.63, 3.8) is 0 Å². The summed E-state index contributed by atoms with van der Waals surface area (Å²) in [5, 5.41) is 2.78. The SMILES string of the molecule is O=C(CCOCC(F)(F)F)NC1CCCC1. The third kappa shape index (κ3) is 5.95. The summed E-state index contributed by atoms with van der Waals surface area (Å²) in [6.07, 6.45) is -0.177. The predicted molar refractivity (Wildman–Crippen MR) is 51.9 cm³/mol. The largest absolute Gasteiger partial charge is 0.411 e. The molecule has 1 N–H and O–H groups in total. The molecule has 0 aromatic heterocycles. The molecule has 0 spiro atoms. The van der Waals surface area contributed by atoms with E-state index in [1.165, 1.54) is 0 Å². The van der Waals surface area contributed by atoms with Crippen LogP contribution in [0.15, 0.2) is 0 Å². The van der Waals surface area contributed by atoms with E-state index in [1.54, 1.807) is 0 Å². The average Bonchev–Trinajstić information content (AvgIpc) is 2.63. The molecule has 0 atom stereocenters. The summed E-state index contributed by atoms with van der Waals surface area (Å²) in [6, 6.07) is 0.204. The first-order chi connectivity index (χ1) is 7.47. The van der Waals surface area contributed by atoms with Crippen LogP contribution in [-0.4, -0.2) is 31.3 Å². The van der Waals surface area contributed by atoms with Crippen molar-refractivity contribution in [1.82, 2.24) is 5.32 Å². The van der Waals surface area contributed by atoms with Crippen LogP contribution in [0.5, 0.6) is 0 Å². The Labute approximate surface area is 92.3 Å². The normalized spacial score (nSPS) is 17.7. The third-order valence-corrected chi connectivity index (χ3v) is 2.46. The van der Waals surface area contributed by atoms with Crippen molar-refractivity contribution in [2.75, 3.05) is 13.2 Å². The lowest BCUT2D eigenvalue weighted by atomic mass is 10.2. The number of carbonyl (C=O) groups is 1. The number of rotatable bonds is 5. The molecule has 0 aromatic rings. The Morgan fingerprint density at radius 3 is 2.50 bits per heavy atom. The average molecular weight is 239 g/mol. The predicted octanol–water partition coefficient (Wildman–Crippen LogP) is 2.01. The molecule has 0 aliphatic heterocycles. The zero-order valence-corrected chi connectivity index (χ0v) is 8.98. The van der Waals surface area contributed by atoms with Crippen LogP contribution >= 0.6 is 0 Å². The Morgan fingerprint density at radius 1 is 1.31 bits per heavy atom. The Kier molecular flexibility index (Phi) is 5.05. The first-order valence-electron chi connectivity index (χ1n) is 5.41. The lowest BCUT2D eigenvalue weighted by Crippen LogP contribution is -2.33. The smallest absolute Gasteiger partial charge is 0.372 e. The molecular formula is C10H16F3NO2. The van der Waals surface area contributed by atoms with Gasteiger partial charge < -0.3 is 10.1 Å². The number of alkyl halides is 3. The van der Waals surface area contributed by atoms with E-state index in [2.05, 4.69) is 10.1 Å². The Balaban J connectivity index is 2.02. The second kappa shape index (κ2) is 6.08. The van der Waals surface area contributed by atoms with Crippen molar-refractivity contribution in [2.45, 2.75) is 44.3 Å². The van der Waals surface area contributed by atoms with Gasteiger partial charge in [-0.1, -0.05) is 12.8 Å². The van der Waals surface area contributed by atoms with Gasteiger partial charge in [0, 0.05) is 12.5 Å². The fourth-order valence-corrected chi connectivity index (χ4v) is 1.72. The van der Waals surface area contributed by atoms with Crippen molar-refractivity contribution >= 4 is 5.91 Å². The second-order valence-corrected chi connectivity index (χ2v) is 3.97. The minimum atomic E-state index is -4.32. The molecule has 0 bridgehead atoms. The van der Waals surface area contributed by atoms with E-state index in [-0.39, 0.29) is 25.0 Å². The minimum absolute atomic E-state index is 0.00736. The van der Waals surface area contributed by atoms with Crippen LogP contribution in [0.3, 0.4) is 0 Å². The van der Waals surface area contributed by atoms with Crippen molar-refractivity contribution in [3.05, 3.63) is 0 Å².